The summed E-state index contributed by atoms with van der Waals surface area (Å²) in [7, 11) is 0. The molecule has 1 aromatic heterocycles. The number of likely N-dealkylation sites (tertiary alicyclic amines) is 1. The van der Waals surface area contributed by atoms with Gasteiger partial charge in [0.25, 0.3) is 5.91 Å². The fourth-order valence-electron chi connectivity index (χ4n) is 2.60. The maximum atomic E-state index is 11.9. The number of amides is 1. The fraction of sp³-hybridized carbons (Fsp3) is 0.267. The Hall–Kier alpha value is -2.07. The molecule has 1 amide bonds. The summed E-state index contributed by atoms with van der Waals surface area (Å²) in [6, 6.07) is 11.2. The zero-order valence-electron chi connectivity index (χ0n) is 10.6. The van der Waals surface area contributed by atoms with E-state index in [0.717, 1.165) is 11.1 Å². The first-order chi connectivity index (χ1) is 9.20. The van der Waals surface area contributed by atoms with Crippen LogP contribution in [0.15, 0.2) is 53.3 Å². The molecule has 2 aromatic rings. The number of β-lactam (4-membered cyclic amide) rings is 1. The van der Waals surface area contributed by atoms with E-state index in [1.165, 1.54) is 0 Å². The highest BCUT2D eigenvalue weighted by Crippen LogP contribution is 2.41. The van der Waals surface area contributed by atoms with Crippen molar-refractivity contribution >= 4 is 5.91 Å². The fourth-order valence-corrected chi connectivity index (χ4v) is 2.60. The van der Waals surface area contributed by atoms with Gasteiger partial charge >= 0.3 is 0 Å². The lowest BCUT2D eigenvalue weighted by Gasteiger charge is -2.47. The largest absolute Gasteiger partial charge is 0.472 e. The minimum Gasteiger partial charge on any atom is -0.472 e. The third-order valence-electron chi connectivity index (χ3n) is 3.69. The van der Waals surface area contributed by atoms with E-state index in [-0.39, 0.29) is 18.0 Å². The standard InChI is InChI=1S/C15H15NO3/c1-10(11-5-3-2-4-6-11)16-13(14(17)15(16)18)12-7-8-19-9-12/h2-10,13-14,17H,1H3/t10-,13-,14+/m0/s1. The van der Waals surface area contributed by atoms with Gasteiger partial charge in [-0.1, -0.05) is 30.3 Å². The summed E-state index contributed by atoms with van der Waals surface area (Å²) in [5.74, 6) is -0.234. The zero-order valence-corrected chi connectivity index (χ0v) is 10.6. The van der Waals surface area contributed by atoms with Crippen LogP contribution in [0.3, 0.4) is 0 Å². The summed E-state index contributed by atoms with van der Waals surface area (Å²) in [5.41, 5.74) is 1.88. The zero-order chi connectivity index (χ0) is 13.4. The maximum absolute atomic E-state index is 11.9. The van der Waals surface area contributed by atoms with E-state index in [4.69, 9.17) is 4.42 Å². The number of carbonyl (C=O) groups is 1. The lowest BCUT2D eigenvalue weighted by molar-refractivity contribution is -0.172. The Morgan fingerprint density at radius 1 is 1.26 bits per heavy atom. The molecule has 98 valence electrons. The molecule has 0 saturated carbocycles. The number of aliphatic hydroxyl groups is 1. The van der Waals surface area contributed by atoms with Crippen molar-refractivity contribution in [2.45, 2.75) is 25.1 Å². The van der Waals surface area contributed by atoms with Gasteiger partial charge in [-0.3, -0.25) is 4.79 Å². The average molecular weight is 257 g/mol. The molecule has 3 atom stereocenters. The summed E-state index contributed by atoms with van der Waals surface area (Å²) in [5, 5.41) is 9.88. The maximum Gasteiger partial charge on any atom is 0.255 e. The molecule has 4 nitrogen and oxygen atoms in total. The second-order valence-corrected chi connectivity index (χ2v) is 4.78. The van der Waals surface area contributed by atoms with Gasteiger partial charge in [0.15, 0.2) is 6.10 Å². The van der Waals surface area contributed by atoms with E-state index in [1.807, 2.05) is 37.3 Å². The third-order valence-corrected chi connectivity index (χ3v) is 3.69. The predicted molar refractivity (Wildman–Crippen MR) is 69.2 cm³/mol. The summed E-state index contributed by atoms with van der Waals surface area (Å²) >= 11 is 0. The molecule has 1 N–H and O–H groups in total. The summed E-state index contributed by atoms with van der Waals surface area (Å²) in [6.07, 6.45) is 2.16. The van der Waals surface area contributed by atoms with Crippen molar-refractivity contribution in [2.75, 3.05) is 0 Å². The van der Waals surface area contributed by atoms with Gasteiger partial charge in [-0.05, 0) is 18.6 Å². The van der Waals surface area contributed by atoms with Crippen LogP contribution in [0.25, 0.3) is 0 Å². The molecule has 1 fully saturated rings. The molecule has 19 heavy (non-hydrogen) atoms. The Morgan fingerprint density at radius 3 is 2.63 bits per heavy atom. The topological polar surface area (TPSA) is 53.7 Å². The summed E-state index contributed by atoms with van der Waals surface area (Å²) in [4.78, 5) is 13.6. The van der Waals surface area contributed by atoms with Gasteiger partial charge in [0, 0.05) is 5.56 Å². The molecule has 0 aliphatic carbocycles. The molecule has 1 aromatic carbocycles. The molecule has 1 saturated heterocycles. The number of furan rings is 1. The van der Waals surface area contributed by atoms with Crippen LogP contribution in [0.1, 0.15) is 30.1 Å². The van der Waals surface area contributed by atoms with E-state index < -0.39 is 6.10 Å². The molecule has 1 aliphatic rings. The van der Waals surface area contributed by atoms with Crippen LogP contribution in [-0.4, -0.2) is 22.0 Å². The van der Waals surface area contributed by atoms with Gasteiger partial charge in [0.1, 0.15) is 0 Å². The monoisotopic (exact) mass is 257 g/mol. The first kappa shape index (κ1) is 12.0. The molecule has 1 aliphatic heterocycles. The van der Waals surface area contributed by atoms with Crippen LogP contribution in [-0.2, 0) is 4.79 Å². The van der Waals surface area contributed by atoms with Crippen molar-refractivity contribution in [1.29, 1.82) is 0 Å². The molecular formula is C15H15NO3. The lowest BCUT2D eigenvalue weighted by Crippen LogP contribution is -2.59. The minimum absolute atomic E-state index is 0.0722. The average Bonchev–Trinajstić information content (AvgIpc) is 2.97. The van der Waals surface area contributed by atoms with Crippen molar-refractivity contribution in [3.8, 4) is 0 Å². The number of rotatable bonds is 3. The predicted octanol–water partition coefficient (Wildman–Crippen LogP) is 2.29. The van der Waals surface area contributed by atoms with Crippen molar-refractivity contribution in [3.63, 3.8) is 0 Å². The smallest absolute Gasteiger partial charge is 0.255 e. The number of hydrogen-bond acceptors (Lipinski definition) is 3. The van der Waals surface area contributed by atoms with Crippen LogP contribution in [0, 0.1) is 0 Å². The van der Waals surface area contributed by atoms with Crippen LogP contribution >= 0.6 is 0 Å². The van der Waals surface area contributed by atoms with E-state index in [1.54, 1.807) is 23.5 Å². The third kappa shape index (κ3) is 1.85. The van der Waals surface area contributed by atoms with Gasteiger partial charge in [-0.25, -0.2) is 0 Å². The lowest BCUT2D eigenvalue weighted by atomic mass is 9.89. The van der Waals surface area contributed by atoms with Crippen LogP contribution in [0.2, 0.25) is 0 Å². The molecule has 0 spiro atoms. The Morgan fingerprint density at radius 2 is 2.00 bits per heavy atom. The highest BCUT2D eigenvalue weighted by Gasteiger charge is 2.49. The molecule has 2 heterocycles. The van der Waals surface area contributed by atoms with Gasteiger partial charge in [0.05, 0.1) is 24.6 Å². The quantitative estimate of drug-likeness (QED) is 0.858. The molecule has 4 heteroatoms. The molecule has 0 unspecified atom stereocenters. The van der Waals surface area contributed by atoms with Gasteiger partial charge in [-0.15, -0.1) is 0 Å². The van der Waals surface area contributed by atoms with E-state index in [0.29, 0.717) is 0 Å². The highest BCUT2D eigenvalue weighted by molar-refractivity contribution is 5.89. The van der Waals surface area contributed by atoms with Crippen molar-refractivity contribution in [3.05, 3.63) is 60.1 Å². The minimum atomic E-state index is -0.969. The number of aliphatic hydroxyl groups excluding tert-OH is 1. The summed E-state index contributed by atoms with van der Waals surface area (Å²) in [6.45, 7) is 1.96. The first-order valence-electron chi connectivity index (χ1n) is 6.27. The Bertz CT molecular complexity index is 564. The normalized spacial score (nSPS) is 24.1. The summed E-state index contributed by atoms with van der Waals surface area (Å²) < 4.78 is 5.04. The molecular weight excluding hydrogens is 242 g/mol. The Labute approximate surface area is 111 Å². The van der Waals surface area contributed by atoms with E-state index in [9.17, 15) is 9.90 Å². The number of benzene rings is 1. The van der Waals surface area contributed by atoms with Crippen molar-refractivity contribution < 1.29 is 14.3 Å². The van der Waals surface area contributed by atoms with Gasteiger partial charge in [0.2, 0.25) is 0 Å². The SMILES string of the molecule is C[C@@H](c1ccccc1)N1C(=O)[C@H](O)[C@@H]1c1ccoc1. The molecule has 0 radical (unpaired) electrons. The molecule has 3 rings (SSSR count). The highest BCUT2D eigenvalue weighted by atomic mass is 16.3. The number of hydrogen-bond donors (Lipinski definition) is 1. The second kappa shape index (κ2) is 4.55. The number of nitrogens with zero attached hydrogens (tertiary/aromatic N) is 1. The van der Waals surface area contributed by atoms with Gasteiger partial charge < -0.3 is 14.4 Å². The Kier molecular flexibility index (Phi) is 2.87. The second-order valence-electron chi connectivity index (χ2n) is 4.78. The van der Waals surface area contributed by atoms with Crippen molar-refractivity contribution in [2.24, 2.45) is 0 Å². The van der Waals surface area contributed by atoms with Crippen LogP contribution < -0.4 is 0 Å². The van der Waals surface area contributed by atoms with Crippen LogP contribution in [0.5, 0.6) is 0 Å². The first-order valence-corrected chi connectivity index (χ1v) is 6.27. The Balaban J connectivity index is 1.89. The number of carbonyl (C=O) groups excluding carboxylic acids is 1. The van der Waals surface area contributed by atoms with Gasteiger partial charge in [-0.2, -0.15) is 0 Å². The van der Waals surface area contributed by atoms with E-state index >= 15 is 0 Å². The van der Waals surface area contributed by atoms with Crippen LogP contribution in [0.4, 0.5) is 0 Å². The van der Waals surface area contributed by atoms with Crippen molar-refractivity contribution in [1.82, 2.24) is 4.90 Å². The molecule has 0 bridgehead atoms. The van der Waals surface area contributed by atoms with E-state index in [2.05, 4.69) is 0 Å².